The monoisotopic (exact) mass is 302 g/mol. The topological polar surface area (TPSA) is 42.0 Å². The third kappa shape index (κ3) is 3.64. The number of pyridine rings is 1. The molecular formula is C20H18N2O. The second kappa shape index (κ2) is 6.88. The Bertz CT molecular complexity index is 768. The molecule has 3 aromatic rings. The lowest BCUT2D eigenvalue weighted by Crippen LogP contribution is -2.26. The Kier molecular flexibility index (Phi) is 4.48. The number of benzene rings is 2. The van der Waals surface area contributed by atoms with Gasteiger partial charge < -0.3 is 5.32 Å². The Labute approximate surface area is 136 Å². The first-order chi connectivity index (χ1) is 11.2. The largest absolute Gasteiger partial charge is 0.345 e. The minimum Gasteiger partial charge on any atom is -0.345 e. The van der Waals surface area contributed by atoms with Crippen molar-refractivity contribution in [2.45, 2.75) is 13.0 Å². The van der Waals surface area contributed by atoms with Crippen LogP contribution in [0.4, 0.5) is 0 Å². The van der Waals surface area contributed by atoms with Crippen LogP contribution in [0.15, 0.2) is 79.0 Å². The maximum Gasteiger partial charge on any atom is 0.253 e. The van der Waals surface area contributed by atoms with Crippen molar-refractivity contribution in [1.82, 2.24) is 10.3 Å². The van der Waals surface area contributed by atoms with Crippen molar-refractivity contribution in [2.75, 3.05) is 0 Å². The molecule has 0 bridgehead atoms. The van der Waals surface area contributed by atoms with Crippen LogP contribution in [0.5, 0.6) is 0 Å². The van der Waals surface area contributed by atoms with Crippen LogP contribution < -0.4 is 5.32 Å². The molecule has 23 heavy (non-hydrogen) atoms. The number of nitrogens with one attached hydrogen (secondary N) is 1. The van der Waals surface area contributed by atoms with Gasteiger partial charge in [-0.05, 0) is 24.6 Å². The van der Waals surface area contributed by atoms with Crippen molar-refractivity contribution < 1.29 is 4.79 Å². The summed E-state index contributed by atoms with van der Waals surface area (Å²) in [5.74, 6) is -0.117. The zero-order valence-electron chi connectivity index (χ0n) is 12.9. The molecule has 1 amide bonds. The van der Waals surface area contributed by atoms with E-state index in [1.807, 2.05) is 79.7 Å². The lowest BCUT2D eigenvalue weighted by Gasteiger charge is -2.14. The van der Waals surface area contributed by atoms with Crippen LogP contribution in [0.3, 0.4) is 0 Å². The van der Waals surface area contributed by atoms with E-state index in [4.69, 9.17) is 0 Å². The molecule has 0 saturated heterocycles. The van der Waals surface area contributed by atoms with Gasteiger partial charge in [0.2, 0.25) is 0 Å². The molecular weight excluding hydrogens is 284 g/mol. The number of hydrogen-bond acceptors (Lipinski definition) is 2. The Morgan fingerprint density at radius 1 is 0.913 bits per heavy atom. The predicted molar refractivity (Wildman–Crippen MR) is 92.0 cm³/mol. The number of aromatic nitrogens is 1. The minimum absolute atomic E-state index is 0.0440. The van der Waals surface area contributed by atoms with Gasteiger partial charge in [0.25, 0.3) is 5.91 Å². The molecule has 0 aliphatic heterocycles. The van der Waals surface area contributed by atoms with Crippen molar-refractivity contribution in [3.8, 4) is 11.3 Å². The van der Waals surface area contributed by atoms with Gasteiger partial charge in [0, 0.05) is 11.8 Å². The first kappa shape index (κ1) is 15.0. The number of carbonyl (C=O) groups is 1. The number of amides is 1. The number of rotatable bonds is 4. The van der Waals surface area contributed by atoms with Gasteiger partial charge in [0.1, 0.15) is 0 Å². The van der Waals surface area contributed by atoms with Gasteiger partial charge in [0.15, 0.2) is 0 Å². The SMILES string of the molecule is CC(NC(=O)c1ccc(-c2ccccc2)nc1)c1ccccc1. The lowest BCUT2D eigenvalue weighted by atomic mass is 10.1. The van der Waals surface area contributed by atoms with Crippen molar-refractivity contribution in [3.05, 3.63) is 90.1 Å². The second-order valence-electron chi connectivity index (χ2n) is 5.40. The Morgan fingerprint density at radius 3 is 2.17 bits per heavy atom. The van der Waals surface area contributed by atoms with E-state index in [1.54, 1.807) is 6.20 Å². The molecule has 0 saturated carbocycles. The molecule has 0 spiro atoms. The van der Waals surface area contributed by atoms with Crippen LogP contribution in [0.1, 0.15) is 28.9 Å². The van der Waals surface area contributed by atoms with Gasteiger partial charge in [-0.1, -0.05) is 60.7 Å². The van der Waals surface area contributed by atoms with Crippen LogP contribution in [0.25, 0.3) is 11.3 Å². The second-order valence-corrected chi connectivity index (χ2v) is 5.40. The summed E-state index contributed by atoms with van der Waals surface area (Å²) < 4.78 is 0. The summed E-state index contributed by atoms with van der Waals surface area (Å²) in [6.07, 6.45) is 1.62. The van der Waals surface area contributed by atoms with E-state index in [-0.39, 0.29) is 11.9 Å². The maximum absolute atomic E-state index is 12.3. The highest BCUT2D eigenvalue weighted by Crippen LogP contribution is 2.17. The molecule has 0 radical (unpaired) electrons. The van der Waals surface area contributed by atoms with Crippen molar-refractivity contribution in [2.24, 2.45) is 0 Å². The summed E-state index contributed by atoms with van der Waals surface area (Å²) in [7, 11) is 0. The summed E-state index contributed by atoms with van der Waals surface area (Å²) in [5.41, 5.74) is 3.54. The van der Waals surface area contributed by atoms with Gasteiger partial charge in [0.05, 0.1) is 17.3 Å². The molecule has 3 rings (SSSR count). The van der Waals surface area contributed by atoms with Crippen molar-refractivity contribution in [1.29, 1.82) is 0 Å². The van der Waals surface area contributed by atoms with E-state index in [2.05, 4.69) is 10.3 Å². The van der Waals surface area contributed by atoms with Crippen LogP contribution >= 0.6 is 0 Å². The third-order valence-corrected chi connectivity index (χ3v) is 3.74. The Morgan fingerprint density at radius 2 is 1.57 bits per heavy atom. The zero-order chi connectivity index (χ0) is 16.1. The molecule has 3 nitrogen and oxygen atoms in total. The maximum atomic E-state index is 12.3. The van der Waals surface area contributed by atoms with Gasteiger partial charge in [-0.15, -0.1) is 0 Å². The quantitative estimate of drug-likeness (QED) is 0.783. The summed E-state index contributed by atoms with van der Waals surface area (Å²) in [4.78, 5) is 16.7. The molecule has 1 unspecified atom stereocenters. The molecule has 0 aliphatic rings. The van der Waals surface area contributed by atoms with Crippen LogP contribution in [0.2, 0.25) is 0 Å². The number of carbonyl (C=O) groups excluding carboxylic acids is 1. The fraction of sp³-hybridized carbons (Fsp3) is 0.100. The normalized spacial score (nSPS) is 11.7. The standard InChI is InChI=1S/C20H18N2O/c1-15(16-8-4-2-5-9-16)22-20(23)18-12-13-19(21-14-18)17-10-6-3-7-11-17/h2-15H,1H3,(H,22,23). The summed E-state index contributed by atoms with van der Waals surface area (Å²) in [5, 5.41) is 2.99. The van der Waals surface area contributed by atoms with E-state index in [0.29, 0.717) is 5.56 Å². The fourth-order valence-electron chi connectivity index (χ4n) is 2.41. The fourth-order valence-corrected chi connectivity index (χ4v) is 2.41. The highest BCUT2D eigenvalue weighted by atomic mass is 16.1. The van der Waals surface area contributed by atoms with E-state index in [0.717, 1.165) is 16.8 Å². The van der Waals surface area contributed by atoms with Crippen LogP contribution in [0, 0.1) is 0 Å². The molecule has 3 heteroatoms. The number of nitrogens with zero attached hydrogens (tertiary/aromatic N) is 1. The predicted octanol–water partition coefficient (Wildman–Crippen LogP) is 4.24. The zero-order valence-corrected chi connectivity index (χ0v) is 12.9. The first-order valence-corrected chi connectivity index (χ1v) is 7.61. The molecule has 1 aromatic heterocycles. The van der Waals surface area contributed by atoms with Gasteiger partial charge >= 0.3 is 0 Å². The summed E-state index contributed by atoms with van der Waals surface area (Å²) in [6.45, 7) is 1.97. The first-order valence-electron chi connectivity index (χ1n) is 7.61. The Hall–Kier alpha value is -2.94. The van der Waals surface area contributed by atoms with Gasteiger partial charge in [-0.3, -0.25) is 9.78 Å². The van der Waals surface area contributed by atoms with E-state index in [1.165, 1.54) is 0 Å². The minimum atomic E-state index is -0.117. The van der Waals surface area contributed by atoms with Gasteiger partial charge in [-0.25, -0.2) is 0 Å². The average Bonchev–Trinajstić information content (AvgIpc) is 2.63. The molecule has 1 atom stereocenters. The lowest BCUT2D eigenvalue weighted by molar-refractivity contribution is 0.0939. The molecule has 114 valence electrons. The third-order valence-electron chi connectivity index (χ3n) is 3.74. The van der Waals surface area contributed by atoms with E-state index >= 15 is 0 Å². The smallest absolute Gasteiger partial charge is 0.253 e. The van der Waals surface area contributed by atoms with Crippen molar-refractivity contribution >= 4 is 5.91 Å². The summed E-state index contributed by atoms with van der Waals surface area (Å²) in [6, 6.07) is 23.4. The highest BCUT2D eigenvalue weighted by molar-refractivity contribution is 5.94. The highest BCUT2D eigenvalue weighted by Gasteiger charge is 2.11. The molecule has 1 heterocycles. The molecule has 1 N–H and O–H groups in total. The molecule has 0 fully saturated rings. The molecule has 2 aromatic carbocycles. The van der Waals surface area contributed by atoms with E-state index in [9.17, 15) is 4.79 Å². The number of hydrogen-bond donors (Lipinski definition) is 1. The summed E-state index contributed by atoms with van der Waals surface area (Å²) >= 11 is 0. The Balaban J connectivity index is 1.71. The average molecular weight is 302 g/mol. The van der Waals surface area contributed by atoms with Crippen molar-refractivity contribution in [3.63, 3.8) is 0 Å². The van der Waals surface area contributed by atoms with Crippen LogP contribution in [-0.4, -0.2) is 10.9 Å². The van der Waals surface area contributed by atoms with Gasteiger partial charge in [-0.2, -0.15) is 0 Å². The van der Waals surface area contributed by atoms with E-state index < -0.39 is 0 Å². The molecule has 0 aliphatic carbocycles. The van der Waals surface area contributed by atoms with Crippen LogP contribution in [-0.2, 0) is 0 Å².